The molecule has 0 N–H and O–H groups in total. The third-order valence-electron chi connectivity index (χ3n) is 10.2. The molecule has 0 saturated carbocycles. The number of methoxy groups -OCH3 is 1. The average molecular weight is 895 g/mol. The normalized spacial score (nSPS) is 19.0. The lowest BCUT2D eigenvalue weighted by Crippen LogP contribution is -2.31. The Morgan fingerprint density at radius 2 is 0.875 bits per heavy atom. The topological polar surface area (TPSA) is 156 Å². The van der Waals surface area contributed by atoms with E-state index in [1.54, 1.807) is 31.4 Å². The molecule has 0 unspecified atom stereocenters. The lowest BCUT2D eigenvalue weighted by molar-refractivity contribution is -0.0150. The summed E-state index contributed by atoms with van der Waals surface area (Å²) in [6.45, 7) is 14.7. The Labute approximate surface area is 375 Å². The van der Waals surface area contributed by atoms with Crippen molar-refractivity contribution >= 4 is 5.97 Å². The highest BCUT2D eigenvalue weighted by atomic mass is 16.7. The van der Waals surface area contributed by atoms with Crippen molar-refractivity contribution in [3.05, 3.63) is 112 Å². The van der Waals surface area contributed by atoms with E-state index in [9.17, 15) is 4.79 Å². The highest BCUT2D eigenvalue weighted by Gasteiger charge is 2.50. The first-order valence-corrected chi connectivity index (χ1v) is 21.7. The van der Waals surface area contributed by atoms with E-state index in [0.29, 0.717) is 167 Å². The number of ether oxygens (including phenoxy) is 15. The number of hydrogen-bond acceptors (Lipinski definition) is 16. The Bertz CT molecular complexity index is 1740. The van der Waals surface area contributed by atoms with Gasteiger partial charge in [0.2, 0.25) is 0 Å². The fraction of sp³-hybridized carbons (Fsp3) is 0.521. The van der Waals surface area contributed by atoms with Crippen LogP contribution in [-0.2, 0) is 88.9 Å². The molecule has 3 aromatic carbocycles. The molecule has 0 radical (unpaired) electrons. The molecule has 16 nitrogen and oxygen atoms in total. The summed E-state index contributed by atoms with van der Waals surface area (Å²) in [4.78, 5) is 14.3. The van der Waals surface area contributed by atoms with E-state index in [0.717, 1.165) is 0 Å². The Morgan fingerprint density at radius 1 is 0.516 bits per heavy atom. The van der Waals surface area contributed by atoms with Gasteiger partial charge < -0.3 is 71.1 Å². The number of esters is 1. The number of rotatable bonds is 11. The van der Waals surface area contributed by atoms with Crippen LogP contribution in [0, 0.1) is 0 Å². The van der Waals surface area contributed by atoms with E-state index >= 15 is 0 Å². The van der Waals surface area contributed by atoms with Gasteiger partial charge in [0.15, 0.2) is 12.4 Å². The van der Waals surface area contributed by atoms with E-state index < -0.39 is 11.6 Å². The maximum Gasteiger partial charge on any atom is 0.340 e. The molecule has 0 spiro atoms. The van der Waals surface area contributed by atoms with Crippen LogP contribution < -0.4 is 14.2 Å². The fourth-order valence-electron chi connectivity index (χ4n) is 7.34. The van der Waals surface area contributed by atoms with Crippen molar-refractivity contribution in [2.45, 2.75) is 32.0 Å². The van der Waals surface area contributed by atoms with Gasteiger partial charge in [0.1, 0.15) is 30.5 Å². The van der Waals surface area contributed by atoms with Crippen LogP contribution in [0.1, 0.15) is 49.3 Å². The Balaban J connectivity index is 1.55. The van der Waals surface area contributed by atoms with Crippen molar-refractivity contribution in [1.82, 2.24) is 0 Å². The molecule has 16 heteroatoms. The summed E-state index contributed by atoms with van der Waals surface area (Å²) in [6, 6.07) is 13.0. The molecule has 350 valence electrons. The monoisotopic (exact) mass is 894 g/mol. The number of benzene rings is 3. The zero-order valence-electron chi connectivity index (χ0n) is 36.9. The molecule has 6 rings (SSSR count). The molecule has 4 bridgehead atoms. The van der Waals surface area contributed by atoms with Gasteiger partial charge in [-0.2, -0.15) is 0 Å². The van der Waals surface area contributed by atoms with Crippen LogP contribution in [0.15, 0.2) is 67.8 Å². The van der Waals surface area contributed by atoms with Gasteiger partial charge in [-0.3, -0.25) is 0 Å². The molecule has 3 aromatic rings. The second-order valence-electron chi connectivity index (χ2n) is 14.7. The van der Waals surface area contributed by atoms with Gasteiger partial charge in [-0.25, -0.2) is 4.79 Å². The first-order chi connectivity index (χ1) is 31.6. The SMILES string of the molecule is C=CCOc1c2cc(C3(c4cc5c(OCC=C)c(c4)COCCOCCOCCOCCOC5)OC(=O)c4ccc(OCOC)cc43)cc1COCCOCCOCCOCCOC2. The van der Waals surface area contributed by atoms with Gasteiger partial charge >= 0.3 is 5.97 Å². The minimum absolute atomic E-state index is 0.0158. The van der Waals surface area contributed by atoms with E-state index in [-0.39, 0.29) is 46.4 Å². The van der Waals surface area contributed by atoms with Crippen molar-refractivity contribution in [2.24, 2.45) is 0 Å². The van der Waals surface area contributed by atoms with E-state index in [4.69, 9.17) is 71.1 Å². The minimum atomic E-state index is -1.58. The molecular formula is C48H62O16. The maximum atomic E-state index is 14.3. The summed E-state index contributed by atoms with van der Waals surface area (Å²) in [6.07, 6.45) is 3.35. The molecule has 0 aliphatic carbocycles. The Hall–Kier alpha value is -4.43. The molecule has 0 aromatic heterocycles. The number of hydrogen-bond donors (Lipinski definition) is 0. The summed E-state index contributed by atoms with van der Waals surface area (Å²) in [5.74, 6) is 1.06. The highest BCUT2D eigenvalue weighted by molar-refractivity contribution is 5.96. The number of carbonyl (C=O) groups is 1. The maximum absolute atomic E-state index is 14.3. The minimum Gasteiger partial charge on any atom is -0.489 e. The first-order valence-electron chi connectivity index (χ1n) is 21.7. The first kappa shape index (κ1) is 49.0. The quantitative estimate of drug-likeness (QED) is 0.136. The molecule has 3 heterocycles. The average Bonchev–Trinajstić information content (AvgIpc) is 3.60. The largest absolute Gasteiger partial charge is 0.489 e. The van der Waals surface area contributed by atoms with Gasteiger partial charge in [-0.1, -0.05) is 25.3 Å². The summed E-state index contributed by atoms with van der Waals surface area (Å²) < 4.78 is 90.0. The summed E-state index contributed by atoms with van der Waals surface area (Å²) in [7, 11) is 1.54. The standard InChI is InChI=1S/C48H62O16/c1-4-8-61-45-36-26-40(27-37(45)32-58-23-19-54-15-11-51-10-14-53-18-22-57-31-36)48(44-30-42(63-35-50-3)6-7-43(44)47(49)64-48)41-28-38-33-59-24-20-55-16-12-52-13-17-56-21-25-60-34-39(29-41)46(38)62-9-5-2/h4-7,26-30H,1-2,8-25,31-35H2,3H3. The van der Waals surface area contributed by atoms with Crippen LogP contribution in [-0.4, -0.2) is 139 Å². The van der Waals surface area contributed by atoms with Crippen molar-refractivity contribution in [1.29, 1.82) is 0 Å². The van der Waals surface area contributed by atoms with Crippen molar-refractivity contribution in [2.75, 3.05) is 133 Å². The lowest BCUT2D eigenvalue weighted by atomic mass is 9.77. The van der Waals surface area contributed by atoms with Gasteiger partial charge in [0.05, 0.1) is 138 Å². The Kier molecular flexibility index (Phi) is 20.8. The summed E-state index contributed by atoms with van der Waals surface area (Å²) in [5, 5.41) is 0. The fourth-order valence-corrected chi connectivity index (χ4v) is 7.34. The molecular weight excluding hydrogens is 833 g/mol. The second kappa shape index (κ2) is 27.1. The predicted molar refractivity (Wildman–Crippen MR) is 232 cm³/mol. The van der Waals surface area contributed by atoms with Crippen molar-refractivity contribution in [3.63, 3.8) is 0 Å². The van der Waals surface area contributed by atoms with Crippen LogP contribution in [0.4, 0.5) is 0 Å². The third-order valence-corrected chi connectivity index (χ3v) is 10.2. The molecule has 3 aliphatic rings. The van der Waals surface area contributed by atoms with Gasteiger partial charge in [-0.05, 0) is 42.5 Å². The smallest absolute Gasteiger partial charge is 0.340 e. The highest BCUT2D eigenvalue weighted by Crippen LogP contribution is 2.51. The molecule has 0 saturated heterocycles. The summed E-state index contributed by atoms with van der Waals surface area (Å²) in [5.41, 5.74) is 3.26. The Morgan fingerprint density at radius 3 is 1.22 bits per heavy atom. The van der Waals surface area contributed by atoms with Gasteiger partial charge in [0, 0.05) is 46.1 Å². The number of carbonyl (C=O) groups excluding carboxylic acids is 1. The third kappa shape index (κ3) is 13.8. The van der Waals surface area contributed by atoms with Crippen LogP contribution in [0.2, 0.25) is 0 Å². The van der Waals surface area contributed by atoms with Crippen LogP contribution in [0.5, 0.6) is 17.2 Å². The molecule has 0 atom stereocenters. The van der Waals surface area contributed by atoms with Crippen LogP contribution in [0.25, 0.3) is 0 Å². The zero-order valence-corrected chi connectivity index (χ0v) is 36.9. The predicted octanol–water partition coefficient (Wildman–Crippen LogP) is 5.45. The van der Waals surface area contributed by atoms with Gasteiger partial charge in [-0.15, -0.1) is 0 Å². The van der Waals surface area contributed by atoms with Crippen LogP contribution >= 0.6 is 0 Å². The van der Waals surface area contributed by atoms with Gasteiger partial charge in [0.25, 0.3) is 0 Å². The summed E-state index contributed by atoms with van der Waals surface area (Å²) >= 11 is 0. The number of fused-ring (bicyclic) bond motifs is 5. The van der Waals surface area contributed by atoms with E-state index in [2.05, 4.69) is 13.2 Å². The zero-order chi connectivity index (χ0) is 44.7. The van der Waals surface area contributed by atoms with E-state index in [1.165, 1.54) is 0 Å². The van der Waals surface area contributed by atoms with Crippen LogP contribution in [0.3, 0.4) is 0 Å². The van der Waals surface area contributed by atoms with Crippen molar-refractivity contribution in [3.8, 4) is 17.2 Å². The molecule has 3 aliphatic heterocycles. The van der Waals surface area contributed by atoms with Crippen molar-refractivity contribution < 1.29 is 75.8 Å². The molecule has 0 fully saturated rings. The number of cyclic esters (lactones) is 1. The molecule has 0 amide bonds. The molecule has 64 heavy (non-hydrogen) atoms. The van der Waals surface area contributed by atoms with E-state index in [1.807, 2.05) is 30.3 Å². The lowest BCUT2D eigenvalue weighted by Gasteiger charge is -2.33. The second-order valence-corrected chi connectivity index (χ2v) is 14.7.